The quantitative estimate of drug-likeness (QED) is 0.785. The molecule has 1 fully saturated rings. The van der Waals surface area contributed by atoms with Crippen molar-refractivity contribution in [1.82, 2.24) is 0 Å². The summed E-state index contributed by atoms with van der Waals surface area (Å²) in [4.78, 5) is 0.297. The number of alkyl halides is 1. The van der Waals surface area contributed by atoms with Gasteiger partial charge in [0.1, 0.15) is 5.75 Å². The number of benzene rings is 1. The van der Waals surface area contributed by atoms with Crippen LogP contribution in [-0.2, 0) is 4.74 Å². The molecule has 0 aromatic heterocycles. The van der Waals surface area contributed by atoms with E-state index in [0.717, 1.165) is 18.8 Å². The van der Waals surface area contributed by atoms with Crippen molar-refractivity contribution < 1.29 is 9.47 Å². The van der Waals surface area contributed by atoms with Crippen LogP contribution in [0.1, 0.15) is 30.2 Å². The predicted octanol–water partition coefficient (Wildman–Crippen LogP) is 3.70. The second kappa shape index (κ2) is 5.69. The molecule has 1 aromatic rings. The lowest BCUT2D eigenvalue weighted by atomic mass is 10.1. The first-order chi connectivity index (χ1) is 7.81. The summed E-state index contributed by atoms with van der Waals surface area (Å²) in [6.07, 6.45) is 2.63. The molecule has 0 amide bonds. The van der Waals surface area contributed by atoms with Gasteiger partial charge in [-0.05, 0) is 37.5 Å². The van der Waals surface area contributed by atoms with E-state index < -0.39 is 0 Å². The van der Waals surface area contributed by atoms with E-state index in [2.05, 4.69) is 28.1 Å². The molecule has 2 atom stereocenters. The third kappa shape index (κ3) is 2.77. The van der Waals surface area contributed by atoms with Crippen molar-refractivity contribution in [2.24, 2.45) is 0 Å². The van der Waals surface area contributed by atoms with E-state index in [-0.39, 0.29) is 0 Å². The number of ether oxygens (including phenoxy) is 2. The third-order valence-corrected chi connectivity index (χ3v) is 3.92. The Morgan fingerprint density at radius 3 is 2.75 bits per heavy atom. The lowest BCUT2D eigenvalue weighted by molar-refractivity contribution is 0.110. The topological polar surface area (TPSA) is 18.5 Å². The van der Waals surface area contributed by atoms with Crippen LogP contribution in [0.4, 0.5) is 0 Å². The molecular weight excluding hydrogens is 268 g/mol. The van der Waals surface area contributed by atoms with Crippen LogP contribution in [-0.4, -0.2) is 19.3 Å². The average Bonchev–Trinajstić information content (AvgIpc) is 2.83. The first-order valence-corrected chi connectivity index (χ1v) is 6.71. The van der Waals surface area contributed by atoms with Crippen molar-refractivity contribution in [1.29, 1.82) is 0 Å². The van der Waals surface area contributed by atoms with E-state index in [1.54, 1.807) is 0 Å². The maximum Gasteiger partial charge on any atom is 0.119 e. The Morgan fingerprint density at radius 1 is 1.44 bits per heavy atom. The van der Waals surface area contributed by atoms with Crippen LogP contribution in [0.25, 0.3) is 0 Å². The van der Waals surface area contributed by atoms with Crippen molar-refractivity contribution in [2.75, 3.05) is 13.2 Å². The van der Waals surface area contributed by atoms with E-state index in [4.69, 9.17) is 9.47 Å². The van der Waals surface area contributed by atoms with Crippen LogP contribution < -0.4 is 4.74 Å². The van der Waals surface area contributed by atoms with Crippen LogP contribution in [0.2, 0.25) is 0 Å². The summed E-state index contributed by atoms with van der Waals surface area (Å²) in [6.45, 7) is 3.60. The Balaban J connectivity index is 2.02. The van der Waals surface area contributed by atoms with Gasteiger partial charge in [0, 0.05) is 6.61 Å². The number of hydrogen-bond donors (Lipinski definition) is 0. The molecule has 0 bridgehead atoms. The molecule has 1 heterocycles. The van der Waals surface area contributed by atoms with E-state index in [1.807, 2.05) is 19.1 Å². The third-order valence-electron chi connectivity index (χ3n) is 2.80. The van der Waals surface area contributed by atoms with Gasteiger partial charge in [-0.15, -0.1) is 0 Å². The van der Waals surface area contributed by atoms with Crippen LogP contribution in [0.3, 0.4) is 0 Å². The van der Waals surface area contributed by atoms with Crippen LogP contribution >= 0.6 is 15.9 Å². The molecule has 2 nitrogen and oxygen atoms in total. The highest BCUT2D eigenvalue weighted by atomic mass is 79.9. The summed E-state index contributed by atoms with van der Waals surface area (Å²) in [5, 5.41) is 0. The fourth-order valence-corrected chi connectivity index (χ4v) is 2.68. The standard InChI is InChI=1S/C13H17BrO2/c1-2-15-11-7-5-10(6-8-11)13(14)12-4-3-9-16-12/h5-8,12-13H,2-4,9H2,1H3. The second-order valence-electron chi connectivity index (χ2n) is 3.96. The van der Waals surface area contributed by atoms with Crippen molar-refractivity contribution >= 4 is 15.9 Å². The van der Waals surface area contributed by atoms with Gasteiger partial charge in [0.25, 0.3) is 0 Å². The fourth-order valence-electron chi connectivity index (χ4n) is 1.96. The molecule has 16 heavy (non-hydrogen) atoms. The molecule has 1 aliphatic heterocycles. The van der Waals surface area contributed by atoms with Gasteiger partial charge in [-0.25, -0.2) is 0 Å². The molecule has 0 N–H and O–H groups in total. The largest absolute Gasteiger partial charge is 0.494 e. The molecule has 1 aliphatic rings. The van der Waals surface area contributed by atoms with Gasteiger partial charge in [0.05, 0.1) is 17.5 Å². The highest BCUT2D eigenvalue weighted by molar-refractivity contribution is 9.09. The number of rotatable bonds is 4. The minimum atomic E-state index is 0.297. The summed E-state index contributed by atoms with van der Waals surface area (Å²) >= 11 is 3.71. The van der Waals surface area contributed by atoms with E-state index in [1.165, 1.54) is 12.0 Å². The Labute approximate surface area is 105 Å². The van der Waals surface area contributed by atoms with Crippen molar-refractivity contribution in [2.45, 2.75) is 30.7 Å². The summed E-state index contributed by atoms with van der Waals surface area (Å²) in [6, 6.07) is 8.24. The maximum atomic E-state index is 5.67. The fraction of sp³-hybridized carbons (Fsp3) is 0.538. The molecule has 3 heteroatoms. The zero-order valence-corrected chi connectivity index (χ0v) is 11.1. The van der Waals surface area contributed by atoms with Gasteiger partial charge < -0.3 is 9.47 Å². The van der Waals surface area contributed by atoms with Gasteiger partial charge in [-0.2, -0.15) is 0 Å². The zero-order valence-electron chi connectivity index (χ0n) is 9.49. The molecule has 0 radical (unpaired) electrons. The van der Waals surface area contributed by atoms with Crippen LogP contribution in [0, 0.1) is 0 Å². The summed E-state index contributed by atoms with van der Waals surface area (Å²) in [7, 11) is 0. The van der Waals surface area contributed by atoms with Crippen molar-refractivity contribution in [3.8, 4) is 5.75 Å². The lowest BCUT2D eigenvalue weighted by Crippen LogP contribution is -2.12. The zero-order chi connectivity index (χ0) is 11.4. The highest BCUT2D eigenvalue weighted by Gasteiger charge is 2.24. The highest BCUT2D eigenvalue weighted by Crippen LogP contribution is 2.34. The molecule has 2 unspecified atom stereocenters. The summed E-state index contributed by atoms with van der Waals surface area (Å²) < 4.78 is 11.1. The Kier molecular flexibility index (Phi) is 4.24. The minimum absolute atomic E-state index is 0.297. The molecule has 1 aromatic carbocycles. The van der Waals surface area contributed by atoms with Gasteiger partial charge in [-0.3, -0.25) is 0 Å². The SMILES string of the molecule is CCOc1ccc(C(Br)C2CCCO2)cc1. The van der Waals surface area contributed by atoms with E-state index in [9.17, 15) is 0 Å². The van der Waals surface area contributed by atoms with Crippen LogP contribution in [0.5, 0.6) is 5.75 Å². The van der Waals surface area contributed by atoms with Gasteiger partial charge >= 0.3 is 0 Å². The summed E-state index contributed by atoms with van der Waals surface area (Å²) in [5.74, 6) is 0.929. The first-order valence-electron chi connectivity index (χ1n) is 5.79. The molecule has 0 spiro atoms. The Hall–Kier alpha value is -0.540. The molecular formula is C13H17BrO2. The molecule has 88 valence electrons. The second-order valence-corrected chi connectivity index (χ2v) is 4.94. The molecule has 1 saturated heterocycles. The average molecular weight is 285 g/mol. The van der Waals surface area contributed by atoms with E-state index in [0.29, 0.717) is 17.5 Å². The monoisotopic (exact) mass is 284 g/mol. The molecule has 0 saturated carbocycles. The number of hydrogen-bond acceptors (Lipinski definition) is 2. The molecule has 0 aliphatic carbocycles. The minimum Gasteiger partial charge on any atom is -0.494 e. The predicted molar refractivity (Wildman–Crippen MR) is 68.3 cm³/mol. The lowest BCUT2D eigenvalue weighted by Gasteiger charge is -2.17. The first kappa shape index (κ1) is 11.9. The normalized spacial score (nSPS) is 22.0. The molecule has 2 rings (SSSR count). The van der Waals surface area contributed by atoms with Gasteiger partial charge in [0.15, 0.2) is 0 Å². The number of halogens is 1. The maximum absolute atomic E-state index is 5.67. The Morgan fingerprint density at radius 2 is 2.19 bits per heavy atom. The van der Waals surface area contributed by atoms with Gasteiger partial charge in [-0.1, -0.05) is 28.1 Å². The summed E-state index contributed by atoms with van der Waals surface area (Å²) in [5.41, 5.74) is 1.26. The smallest absolute Gasteiger partial charge is 0.119 e. The van der Waals surface area contributed by atoms with Crippen LogP contribution in [0.15, 0.2) is 24.3 Å². The van der Waals surface area contributed by atoms with Crippen molar-refractivity contribution in [3.63, 3.8) is 0 Å². The van der Waals surface area contributed by atoms with E-state index >= 15 is 0 Å². The van der Waals surface area contributed by atoms with Crippen molar-refractivity contribution in [3.05, 3.63) is 29.8 Å². The Bertz CT molecular complexity index is 317. The van der Waals surface area contributed by atoms with Gasteiger partial charge in [0.2, 0.25) is 0 Å².